The molecule has 0 bridgehead atoms. The number of hydrogen-bond donors (Lipinski definition) is 3. The lowest BCUT2D eigenvalue weighted by Crippen LogP contribution is -2.55. The van der Waals surface area contributed by atoms with Crippen molar-refractivity contribution < 1.29 is 27.9 Å². The lowest BCUT2D eigenvalue weighted by atomic mass is 10.0. The molecule has 0 unspecified atom stereocenters. The second kappa shape index (κ2) is 9.54. The van der Waals surface area contributed by atoms with Crippen molar-refractivity contribution in [3.05, 3.63) is 54.2 Å². The highest BCUT2D eigenvalue weighted by molar-refractivity contribution is 5.96. The smallest absolute Gasteiger partial charge is 0.287 e. The van der Waals surface area contributed by atoms with Crippen LogP contribution in [0.3, 0.4) is 0 Å². The first kappa shape index (κ1) is 20.9. The van der Waals surface area contributed by atoms with Gasteiger partial charge in [0, 0.05) is 0 Å². The summed E-state index contributed by atoms with van der Waals surface area (Å²) < 4.78 is 23.8. The fourth-order valence-electron chi connectivity index (χ4n) is 2.24. The van der Waals surface area contributed by atoms with Gasteiger partial charge in [-0.1, -0.05) is 26.0 Å². The van der Waals surface area contributed by atoms with Crippen molar-refractivity contribution in [2.75, 3.05) is 0 Å². The van der Waals surface area contributed by atoms with Gasteiger partial charge in [-0.15, -0.1) is 0 Å². The summed E-state index contributed by atoms with van der Waals surface area (Å²) in [5.74, 6) is -2.74. The Kier molecular flexibility index (Phi) is 7.14. The number of carbonyl (C=O) groups excluding carboxylic acids is 3. The molecule has 1 aromatic carbocycles. The predicted molar refractivity (Wildman–Crippen MR) is 97.6 cm³/mol. The lowest BCUT2D eigenvalue weighted by molar-refractivity contribution is -0.133. The average Bonchev–Trinajstić information content (AvgIpc) is 3.20. The Hall–Kier alpha value is -3.36. The number of hydrazine groups is 1. The molecule has 0 aliphatic rings. The molecule has 0 aliphatic heterocycles. The molecule has 2 aromatic rings. The van der Waals surface area contributed by atoms with Crippen molar-refractivity contribution >= 4 is 17.7 Å². The van der Waals surface area contributed by atoms with Gasteiger partial charge in [-0.2, -0.15) is 0 Å². The zero-order valence-corrected chi connectivity index (χ0v) is 15.7. The van der Waals surface area contributed by atoms with Gasteiger partial charge in [-0.3, -0.25) is 25.2 Å². The first-order valence-corrected chi connectivity index (χ1v) is 8.65. The zero-order valence-electron chi connectivity index (χ0n) is 15.7. The van der Waals surface area contributed by atoms with Crippen LogP contribution in [0.1, 0.15) is 31.3 Å². The largest absolute Gasteiger partial charge is 0.478 e. The van der Waals surface area contributed by atoms with Crippen molar-refractivity contribution in [2.45, 2.75) is 32.9 Å². The van der Waals surface area contributed by atoms with E-state index >= 15 is 0 Å². The van der Waals surface area contributed by atoms with E-state index in [-0.39, 0.29) is 17.4 Å². The maximum Gasteiger partial charge on any atom is 0.287 e. The number of benzene rings is 1. The summed E-state index contributed by atoms with van der Waals surface area (Å²) in [6.07, 6.45) is 0.281. The van der Waals surface area contributed by atoms with E-state index in [2.05, 4.69) is 16.2 Å². The van der Waals surface area contributed by atoms with Crippen LogP contribution >= 0.6 is 0 Å². The molecule has 1 aromatic heterocycles. The molecule has 2 atom stereocenters. The van der Waals surface area contributed by atoms with Crippen LogP contribution in [0.4, 0.5) is 4.39 Å². The van der Waals surface area contributed by atoms with Crippen molar-refractivity contribution in [1.82, 2.24) is 16.2 Å². The Morgan fingerprint density at radius 2 is 1.68 bits per heavy atom. The zero-order chi connectivity index (χ0) is 20.7. The molecule has 0 saturated heterocycles. The molecule has 0 saturated carbocycles. The number of halogens is 1. The molecule has 2 rings (SSSR count). The van der Waals surface area contributed by atoms with E-state index in [1.54, 1.807) is 26.0 Å². The van der Waals surface area contributed by atoms with Crippen molar-refractivity contribution in [1.29, 1.82) is 0 Å². The Labute approximate surface area is 161 Å². The van der Waals surface area contributed by atoms with E-state index in [0.29, 0.717) is 0 Å². The summed E-state index contributed by atoms with van der Waals surface area (Å²) in [4.78, 5) is 36.5. The molecule has 8 nitrogen and oxygen atoms in total. The number of hydrogen-bond acceptors (Lipinski definition) is 5. The van der Waals surface area contributed by atoms with E-state index in [4.69, 9.17) is 9.15 Å². The molecule has 0 aliphatic carbocycles. The molecular weight excluding hydrogens is 369 g/mol. The topological polar surface area (TPSA) is 110 Å². The second-order valence-electron chi connectivity index (χ2n) is 6.34. The van der Waals surface area contributed by atoms with Gasteiger partial charge in [0.15, 0.2) is 23.4 Å². The molecular formula is C19H22FN3O5. The van der Waals surface area contributed by atoms with Crippen LogP contribution in [0.15, 0.2) is 47.1 Å². The maximum atomic E-state index is 13.6. The number of furan rings is 1. The number of nitrogens with one attached hydrogen (secondary N) is 3. The van der Waals surface area contributed by atoms with Crippen LogP contribution in [0, 0.1) is 11.7 Å². The quantitative estimate of drug-likeness (QED) is 0.624. The highest BCUT2D eigenvalue weighted by Gasteiger charge is 2.26. The maximum absolute atomic E-state index is 13.6. The van der Waals surface area contributed by atoms with Gasteiger partial charge in [-0.05, 0) is 37.1 Å². The van der Waals surface area contributed by atoms with Gasteiger partial charge in [0.25, 0.3) is 17.7 Å². The summed E-state index contributed by atoms with van der Waals surface area (Å²) >= 11 is 0. The Morgan fingerprint density at radius 1 is 1.00 bits per heavy atom. The van der Waals surface area contributed by atoms with Crippen molar-refractivity contribution in [3.63, 3.8) is 0 Å². The van der Waals surface area contributed by atoms with E-state index in [1.807, 2.05) is 0 Å². The summed E-state index contributed by atoms with van der Waals surface area (Å²) in [7, 11) is 0. The van der Waals surface area contributed by atoms with Crippen LogP contribution < -0.4 is 20.9 Å². The molecule has 0 fully saturated rings. The summed E-state index contributed by atoms with van der Waals surface area (Å²) in [6.45, 7) is 4.88. The van der Waals surface area contributed by atoms with Gasteiger partial charge in [-0.25, -0.2) is 4.39 Å². The van der Waals surface area contributed by atoms with E-state index in [0.717, 1.165) is 0 Å². The minimum atomic E-state index is -1.06. The first-order chi connectivity index (χ1) is 13.3. The minimum absolute atomic E-state index is 0.0643. The molecule has 0 radical (unpaired) electrons. The van der Waals surface area contributed by atoms with Gasteiger partial charge < -0.3 is 14.5 Å². The molecule has 0 spiro atoms. The van der Waals surface area contributed by atoms with E-state index < -0.39 is 35.7 Å². The number of amides is 3. The fraction of sp³-hybridized carbons (Fsp3) is 0.316. The Balaban J connectivity index is 1.89. The normalized spacial score (nSPS) is 12.8. The second-order valence-corrected chi connectivity index (χ2v) is 6.34. The molecule has 3 amide bonds. The first-order valence-electron chi connectivity index (χ1n) is 8.65. The summed E-state index contributed by atoms with van der Waals surface area (Å²) in [6, 6.07) is 7.76. The predicted octanol–water partition coefficient (Wildman–Crippen LogP) is 1.79. The standard InChI is InChI=1S/C19H22FN3O5/c1-11(2)16(21-18(25)15-9-6-10-27-15)19(26)23-22-17(24)12(3)28-14-8-5-4-7-13(14)20/h4-12,16H,1-3H3,(H,21,25)(H,22,24)(H,23,26)/t12-,16+/m1/s1. The van der Waals surface area contributed by atoms with Gasteiger partial charge >= 0.3 is 0 Å². The van der Waals surface area contributed by atoms with E-state index in [9.17, 15) is 18.8 Å². The Bertz CT molecular complexity index is 823. The van der Waals surface area contributed by atoms with Gasteiger partial charge in [0.05, 0.1) is 6.26 Å². The van der Waals surface area contributed by atoms with Crippen LogP contribution in [0.25, 0.3) is 0 Å². The minimum Gasteiger partial charge on any atom is -0.478 e. The van der Waals surface area contributed by atoms with Crippen LogP contribution in [0.2, 0.25) is 0 Å². The fourth-order valence-corrected chi connectivity index (χ4v) is 2.24. The number of rotatable bonds is 7. The van der Waals surface area contributed by atoms with Crippen LogP contribution in [-0.2, 0) is 9.59 Å². The highest BCUT2D eigenvalue weighted by Crippen LogP contribution is 2.16. The Morgan fingerprint density at radius 3 is 2.29 bits per heavy atom. The molecule has 3 N–H and O–H groups in total. The van der Waals surface area contributed by atoms with Gasteiger partial charge in [0.2, 0.25) is 0 Å². The molecule has 1 heterocycles. The SMILES string of the molecule is CC(C)[C@H](NC(=O)c1ccco1)C(=O)NNC(=O)[C@@H](C)Oc1ccccc1F. The summed E-state index contributed by atoms with van der Waals surface area (Å²) in [5, 5.41) is 2.54. The molecule has 9 heteroatoms. The van der Waals surface area contributed by atoms with Gasteiger partial charge in [0.1, 0.15) is 6.04 Å². The van der Waals surface area contributed by atoms with Crippen LogP contribution in [0.5, 0.6) is 5.75 Å². The lowest BCUT2D eigenvalue weighted by Gasteiger charge is -2.22. The number of ether oxygens (including phenoxy) is 1. The summed E-state index contributed by atoms with van der Waals surface area (Å²) in [5.41, 5.74) is 4.44. The van der Waals surface area contributed by atoms with Crippen LogP contribution in [-0.4, -0.2) is 29.9 Å². The molecule has 28 heavy (non-hydrogen) atoms. The average molecular weight is 391 g/mol. The highest BCUT2D eigenvalue weighted by atomic mass is 19.1. The van der Waals surface area contributed by atoms with Crippen molar-refractivity contribution in [3.8, 4) is 5.75 Å². The van der Waals surface area contributed by atoms with Crippen molar-refractivity contribution in [2.24, 2.45) is 5.92 Å². The van der Waals surface area contributed by atoms with E-state index in [1.165, 1.54) is 37.5 Å². The number of para-hydroxylation sites is 1. The monoisotopic (exact) mass is 391 g/mol. The third kappa shape index (κ3) is 5.57. The third-order valence-corrected chi connectivity index (χ3v) is 3.80. The molecule has 150 valence electrons. The third-order valence-electron chi connectivity index (χ3n) is 3.80. The number of carbonyl (C=O) groups is 3.